The van der Waals surface area contributed by atoms with E-state index in [2.05, 4.69) is 15.5 Å². The molecule has 2 aliphatic heterocycles. The first-order valence-electron chi connectivity index (χ1n) is 11.1. The van der Waals surface area contributed by atoms with E-state index >= 15 is 0 Å². The highest BCUT2D eigenvalue weighted by Crippen LogP contribution is 2.27. The molecule has 1 atom stereocenters. The number of anilines is 2. The van der Waals surface area contributed by atoms with Gasteiger partial charge >= 0.3 is 0 Å². The molecular formula is C24H27FN4O4. The lowest BCUT2D eigenvalue weighted by atomic mass is 10.1. The second-order valence-corrected chi connectivity index (χ2v) is 8.13. The van der Waals surface area contributed by atoms with Crippen LogP contribution in [0.3, 0.4) is 0 Å². The number of morpholine rings is 1. The number of halogens is 1. The third-order valence-electron chi connectivity index (χ3n) is 5.88. The van der Waals surface area contributed by atoms with Crippen LogP contribution in [0.5, 0.6) is 0 Å². The van der Waals surface area contributed by atoms with Gasteiger partial charge in [0.05, 0.1) is 30.4 Å². The van der Waals surface area contributed by atoms with Crippen molar-refractivity contribution in [3.05, 3.63) is 59.9 Å². The van der Waals surface area contributed by atoms with Crippen LogP contribution in [0, 0.1) is 11.7 Å². The molecule has 0 radical (unpaired) electrons. The first-order valence-corrected chi connectivity index (χ1v) is 11.1. The minimum Gasteiger partial charge on any atom is -0.379 e. The number of nitrogens with zero attached hydrogens (tertiary/aromatic N) is 2. The van der Waals surface area contributed by atoms with Crippen molar-refractivity contribution in [1.82, 2.24) is 10.2 Å². The summed E-state index contributed by atoms with van der Waals surface area (Å²) in [5.74, 6) is -1.76. The maximum atomic E-state index is 13.2. The van der Waals surface area contributed by atoms with Crippen LogP contribution in [-0.4, -0.2) is 68.6 Å². The molecule has 3 amide bonds. The highest BCUT2D eigenvalue weighted by atomic mass is 19.1. The number of hydrogen-bond donors (Lipinski definition) is 2. The number of rotatable bonds is 7. The van der Waals surface area contributed by atoms with E-state index in [-0.39, 0.29) is 36.5 Å². The van der Waals surface area contributed by atoms with Crippen LogP contribution in [0.4, 0.5) is 15.8 Å². The molecule has 2 saturated heterocycles. The van der Waals surface area contributed by atoms with E-state index in [4.69, 9.17) is 4.74 Å². The van der Waals surface area contributed by atoms with E-state index < -0.39 is 5.92 Å². The molecule has 33 heavy (non-hydrogen) atoms. The Hall–Kier alpha value is -3.30. The molecule has 2 N–H and O–H groups in total. The minimum atomic E-state index is -0.569. The van der Waals surface area contributed by atoms with Crippen molar-refractivity contribution in [3.8, 4) is 0 Å². The summed E-state index contributed by atoms with van der Waals surface area (Å²) in [6.07, 6.45) is 0.0527. The highest BCUT2D eigenvalue weighted by molar-refractivity contribution is 6.07. The summed E-state index contributed by atoms with van der Waals surface area (Å²) in [6.45, 7) is 4.51. The Morgan fingerprint density at radius 2 is 1.79 bits per heavy atom. The number of nitrogens with one attached hydrogen (secondary N) is 2. The summed E-state index contributed by atoms with van der Waals surface area (Å²) < 4.78 is 18.5. The van der Waals surface area contributed by atoms with E-state index in [1.165, 1.54) is 29.2 Å². The third kappa shape index (κ3) is 5.74. The summed E-state index contributed by atoms with van der Waals surface area (Å²) in [7, 11) is 0. The summed E-state index contributed by atoms with van der Waals surface area (Å²) >= 11 is 0. The van der Waals surface area contributed by atoms with Crippen molar-refractivity contribution in [3.63, 3.8) is 0 Å². The fourth-order valence-electron chi connectivity index (χ4n) is 4.03. The van der Waals surface area contributed by atoms with Crippen molar-refractivity contribution in [2.45, 2.75) is 6.42 Å². The Kier molecular flexibility index (Phi) is 7.31. The van der Waals surface area contributed by atoms with Gasteiger partial charge < -0.3 is 20.3 Å². The molecule has 174 valence electrons. The second kappa shape index (κ2) is 10.5. The number of amides is 3. The van der Waals surface area contributed by atoms with Gasteiger partial charge in [-0.1, -0.05) is 12.1 Å². The van der Waals surface area contributed by atoms with E-state index in [0.29, 0.717) is 36.7 Å². The topological polar surface area (TPSA) is 91.0 Å². The molecule has 8 nitrogen and oxygen atoms in total. The molecule has 0 unspecified atom stereocenters. The fraction of sp³-hybridized carbons (Fsp3) is 0.375. The van der Waals surface area contributed by atoms with E-state index in [9.17, 15) is 18.8 Å². The number of para-hydroxylation sites is 1. The van der Waals surface area contributed by atoms with Gasteiger partial charge in [0.25, 0.3) is 5.91 Å². The normalized spacial score (nSPS) is 18.9. The number of hydrogen-bond acceptors (Lipinski definition) is 5. The smallest absolute Gasteiger partial charge is 0.253 e. The number of benzene rings is 2. The molecule has 0 bridgehead atoms. The van der Waals surface area contributed by atoms with Crippen molar-refractivity contribution < 1.29 is 23.5 Å². The zero-order chi connectivity index (χ0) is 23.2. The molecule has 2 fully saturated rings. The average molecular weight is 455 g/mol. The predicted octanol–water partition coefficient (Wildman–Crippen LogP) is 1.88. The molecule has 0 aromatic heterocycles. The van der Waals surface area contributed by atoms with Gasteiger partial charge in [-0.05, 0) is 36.4 Å². The largest absolute Gasteiger partial charge is 0.379 e. The summed E-state index contributed by atoms with van der Waals surface area (Å²) in [5.41, 5.74) is 1.32. The standard InChI is InChI=1S/C24H27FN4O4/c25-18-5-7-19(8-6-18)29-16-17(15-22(29)30)23(31)27-21-4-2-1-3-20(21)24(32)26-9-10-28-11-13-33-14-12-28/h1-8,17H,9-16H2,(H,26,32)(H,27,31)/t17-/m1/s1. The van der Waals surface area contributed by atoms with Crippen LogP contribution in [-0.2, 0) is 14.3 Å². The molecular weight excluding hydrogens is 427 g/mol. The Morgan fingerprint density at radius 3 is 2.55 bits per heavy atom. The first kappa shape index (κ1) is 22.9. The van der Waals surface area contributed by atoms with Gasteiger partial charge in [-0.3, -0.25) is 19.3 Å². The van der Waals surface area contributed by atoms with Crippen molar-refractivity contribution in [1.29, 1.82) is 0 Å². The van der Waals surface area contributed by atoms with Gasteiger partial charge in [-0.2, -0.15) is 0 Å². The molecule has 4 rings (SSSR count). The zero-order valence-electron chi connectivity index (χ0n) is 18.3. The summed E-state index contributed by atoms with van der Waals surface area (Å²) in [6, 6.07) is 12.4. The van der Waals surface area contributed by atoms with Crippen LogP contribution in [0.25, 0.3) is 0 Å². The Bertz CT molecular complexity index is 1010. The Labute approximate surface area is 191 Å². The van der Waals surface area contributed by atoms with Gasteiger partial charge in [0.2, 0.25) is 11.8 Å². The van der Waals surface area contributed by atoms with Gasteiger partial charge in [-0.15, -0.1) is 0 Å². The molecule has 0 spiro atoms. The second-order valence-electron chi connectivity index (χ2n) is 8.13. The molecule has 0 saturated carbocycles. The number of carbonyl (C=O) groups is 3. The number of ether oxygens (including phenoxy) is 1. The van der Waals surface area contributed by atoms with Crippen molar-refractivity contribution in [2.75, 3.05) is 56.2 Å². The van der Waals surface area contributed by atoms with Gasteiger partial charge in [-0.25, -0.2) is 4.39 Å². The van der Waals surface area contributed by atoms with Crippen LogP contribution in [0.2, 0.25) is 0 Å². The average Bonchev–Trinajstić information content (AvgIpc) is 3.22. The summed E-state index contributed by atoms with van der Waals surface area (Å²) in [4.78, 5) is 41.7. The Morgan fingerprint density at radius 1 is 1.06 bits per heavy atom. The Balaban J connectivity index is 1.35. The lowest BCUT2D eigenvalue weighted by molar-refractivity contribution is -0.122. The minimum absolute atomic E-state index is 0.0527. The van der Waals surface area contributed by atoms with Crippen LogP contribution < -0.4 is 15.5 Å². The van der Waals surface area contributed by atoms with Crippen LogP contribution >= 0.6 is 0 Å². The zero-order valence-corrected chi connectivity index (χ0v) is 18.3. The van der Waals surface area contributed by atoms with E-state index in [0.717, 1.165) is 19.6 Å². The quantitative estimate of drug-likeness (QED) is 0.667. The monoisotopic (exact) mass is 454 g/mol. The van der Waals surface area contributed by atoms with Crippen molar-refractivity contribution >= 4 is 29.1 Å². The molecule has 0 aliphatic carbocycles. The maximum absolute atomic E-state index is 13.2. The SMILES string of the molecule is O=C(NCCN1CCOCC1)c1ccccc1NC(=O)[C@@H]1CC(=O)N(c2ccc(F)cc2)C1. The predicted molar refractivity (Wildman–Crippen MR) is 122 cm³/mol. The molecule has 2 heterocycles. The lowest BCUT2D eigenvalue weighted by Crippen LogP contribution is -2.41. The highest BCUT2D eigenvalue weighted by Gasteiger charge is 2.35. The molecule has 2 aliphatic rings. The van der Waals surface area contributed by atoms with Gasteiger partial charge in [0.15, 0.2) is 0 Å². The molecule has 2 aromatic rings. The lowest BCUT2D eigenvalue weighted by Gasteiger charge is -2.26. The summed E-state index contributed by atoms with van der Waals surface area (Å²) in [5, 5.41) is 5.71. The fourth-order valence-corrected chi connectivity index (χ4v) is 4.03. The molecule has 2 aromatic carbocycles. The number of carbonyl (C=O) groups excluding carboxylic acids is 3. The van der Waals surface area contributed by atoms with Gasteiger partial charge in [0, 0.05) is 44.8 Å². The van der Waals surface area contributed by atoms with E-state index in [1.54, 1.807) is 24.3 Å². The van der Waals surface area contributed by atoms with Crippen LogP contribution in [0.1, 0.15) is 16.8 Å². The van der Waals surface area contributed by atoms with Crippen LogP contribution in [0.15, 0.2) is 48.5 Å². The van der Waals surface area contributed by atoms with Gasteiger partial charge in [0.1, 0.15) is 5.82 Å². The van der Waals surface area contributed by atoms with E-state index in [1.807, 2.05) is 0 Å². The first-order chi connectivity index (χ1) is 16.0. The third-order valence-corrected chi connectivity index (χ3v) is 5.88. The molecule has 9 heteroatoms. The maximum Gasteiger partial charge on any atom is 0.253 e. The van der Waals surface area contributed by atoms with Crippen molar-refractivity contribution in [2.24, 2.45) is 5.92 Å².